The lowest BCUT2D eigenvalue weighted by molar-refractivity contribution is 0.414. The Bertz CT molecular complexity index is 761. The van der Waals surface area contributed by atoms with Gasteiger partial charge in [-0.1, -0.05) is 12.1 Å². The van der Waals surface area contributed by atoms with Crippen molar-refractivity contribution >= 4 is 10.0 Å². The second-order valence-electron chi connectivity index (χ2n) is 4.63. The zero-order valence-corrected chi connectivity index (χ0v) is 12.9. The van der Waals surface area contributed by atoms with Crippen molar-refractivity contribution < 1.29 is 13.2 Å². The van der Waals surface area contributed by atoms with E-state index in [1.165, 1.54) is 24.3 Å². The number of benzene rings is 2. The first kappa shape index (κ1) is 16.0. The maximum Gasteiger partial charge on any atom is 0.240 e. The molecule has 0 amide bonds. The minimum Gasteiger partial charge on any atom is -0.497 e. The highest BCUT2D eigenvalue weighted by atomic mass is 32.2. The van der Waals surface area contributed by atoms with Crippen LogP contribution in [0.1, 0.15) is 11.1 Å². The topological polar surface area (TPSA) is 79.2 Å². The zero-order valence-electron chi connectivity index (χ0n) is 12.1. The lowest BCUT2D eigenvalue weighted by Crippen LogP contribution is -2.25. The molecule has 0 bridgehead atoms. The predicted octanol–water partition coefficient (Wildman–Crippen LogP) is 2.09. The van der Waals surface area contributed by atoms with Crippen LogP contribution in [0.4, 0.5) is 0 Å². The monoisotopic (exact) mass is 316 g/mol. The van der Waals surface area contributed by atoms with Crippen LogP contribution in [0.2, 0.25) is 0 Å². The molecule has 0 aliphatic rings. The molecule has 114 valence electrons. The molecule has 22 heavy (non-hydrogen) atoms. The molecule has 0 aliphatic carbocycles. The molecular formula is C16H16N2O3S. The molecular weight excluding hydrogens is 300 g/mol. The fourth-order valence-corrected chi connectivity index (χ4v) is 2.95. The van der Waals surface area contributed by atoms with Gasteiger partial charge in [0.25, 0.3) is 0 Å². The van der Waals surface area contributed by atoms with E-state index in [-0.39, 0.29) is 4.90 Å². The Hall–Kier alpha value is -2.36. The van der Waals surface area contributed by atoms with Crippen molar-refractivity contribution in [2.75, 3.05) is 13.7 Å². The van der Waals surface area contributed by atoms with Crippen LogP contribution >= 0.6 is 0 Å². The quantitative estimate of drug-likeness (QED) is 0.885. The molecule has 2 rings (SSSR count). The van der Waals surface area contributed by atoms with Crippen molar-refractivity contribution in [3.63, 3.8) is 0 Å². The van der Waals surface area contributed by atoms with Gasteiger partial charge in [-0.25, -0.2) is 13.1 Å². The Morgan fingerprint density at radius 1 is 1.09 bits per heavy atom. The van der Waals surface area contributed by atoms with Crippen LogP contribution in [0, 0.1) is 11.3 Å². The Morgan fingerprint density at radius 2 is 1.73 bits per heavy atom. The third-order valence-electron chi connectivity index (χ3n) is 3.16. The molecule has 0 saturated heterocycles. The van der Waals surface area contributed by atoms with Crippen LogP contribution in [0.5, 0.6) is 5.75 Å². The minimum absolute atomic E-state index is 0.154. The van der Waals surface area contributed by atoms with Crippen molar-refractivity contribution in [1.29, 1.82) is 5.26 Å². The van der Waals surface area contributed by atoms with Gasteiger partial charge < -0.3 is 4.74 Å². The van der Waals surface area contributed by atoms with Crippen LogP contribution in [0.25, 0.3) is 0 Å². The second kappa shape index (κ2) is 7.07. The highest BCUT2D eigenvalue weighted by Crippen LogP contribution is 2.12. The first-order valence-corrected chi connectivity index (χ1v) is 8.16. The van der Waals surface area contributed by atoms with E-state index in [9.17, 15) is 8.42 Å². The highest BCUT2D eigenvalue weighted by Gasteiger charge is 2.12. The number of nitriles is 1. The number of nitrogens with zero attached hydrogens (tertiary/aromatic N) is 1. The number of ether oxygens (including phenoxy) is 1. The number of rotatable bonds is 6. The van der Waals surface area contributed by atoms with E-state index in [0.717, 1.165) is 11.3 Å². The minimum atomic E-state index is -3.55. The van der Waals surface area contributed by atoms with Gasteiger partial charge in [0.1, 0.15) is 5.75 Å². The van der Waals surface area contributed by atoms with Crippen molar-refractivity contribution in [3.8, 4) is 11.8 Å². The van der Waals surface area contributed by atoms with Crippen LogP contribution in [0.15, 0.2) is 53.4 Å². The predicted molar refractivity (Wildman–Crippen MR) is 83.0 cm³/mol. The van der Waals surface area contributed by atoms with Gasteiger partial charge in [-0.05, 0) is 48.4 Å². The summed E-state index contributed by atoms with van der Waals surface area (Å²) in [6.45, 7) is 0.300. The molecule has 0 unspecified atom stereocenters. The molecule has 0 spiro atoms. The lowest BCUT2D eigenvalue weighted by Gasteiger charge is -2.07. The van der Waals surface area contributed by atoms with Gasteiger partial charge in [0, 0.05) is 6.54 Å². The molecule has 0 aliphatic heterocycles. The van der Waals surface area contributed by atoms with Gasteiger partial charge in [0.15, 0.2) is 0 Å². The normalized spacial score (nSPS) is 10.9. The molecule has 0 saturated carbocycles. The first-order valence-electron chi connectivity index (χ1n) is 6.68. The molecule has 2 aromatic rings. The number of sulfonamides is 1. The van der Waals surface area contributed by atoms with E-state index in [0.29, 0.717) is 18.5 Å². The average molecular weight is 316 g/mol. The van der Waals surface area contributed by atoms with Gasteiger partial charge in [-0.3, -0.25) is 0 Å². The third-order valence-corrected chi connectivity index (χ3v) is 4.64. The van der Waals surface area contributed by atoms with E-state index in [4.69, 9.17) is 10.00 Å². The van der Waals surface area contributed by atoms with Crippen molar-refractivity contribution in [3.05, 3.63) is 59.7 Å². The fourth-order valence-electron chi connectivity index (χ4n) is 1.91. The Morgan fingerprint density at radius 3 is 2.27 bits per heavy atom. The van der Waals surface area contributed by atoms with Crippen LogP contribution in [-0.2, 0) is 16.4 Å². The second-order valence-corrected chi connectivity index (χ2v) is 6.40. The van der Waals surface area contributed by atoms with Gasteiger partial charge in [0.05, 0.1) is 23.6 Å². The van der Waals surface area contributed by atoms with Crippen molar-refractivity contribution in [2.24, 2.45) is 0 Å². The van der Waals surface area contributed by atoms with Crippen molar-refractivity contribution in [1.82, 2.24) is 4.72 Å². The molecule has 5 nitrogen and oxygen atoms in total. The van der Waals surface area contributed by atoms with Crippen LogP contribution < -0.4 is 9.46 Å². The summed E-state index contributed by atoms with van der Waals surface area (Å²) in [5.74, 6) is 0.766. The van der Waals surface area contributed by atoms with E-state index >= 15 is 0 Å². The molecule has 6 heteroatoms. The molecule has 0 heterocycles. The molecule has 0 atom stereocenters. The van der Waals surface area contributed by atoms with E-state index in [1.54, 1.807) is 7.11 Å². The summed E-state index contributed by atoms with van der Waals surface area (Å²) < 4.78 is 31.8. The summed E-state index contributed by atoms with van der Waals surface area (Å²) in [6, 6.07) is 15.2. The van der Waals surface area contributed by atoms with Gasteiger partial charge in [-0.15, -0.1) is 0 Å². The Balaban J connectivity index is 1.95. The maximum atomic E-state index is 12.1. The lowest BCUT2D eigenvalue weighted by atomic mass is 10.1. The van der Waals surface area contributed by atoms with Crippen LogP contribution in [-0.4, -0.2) is 22.1 Å². The molecule has 1 N–H and O–H groups in total. The highest BCUT2D eigenvalue weighted by molar-refractivity contribution is 7.89. The SMILES string of the molecule is COc1ccc(CCNS(=O)(=O)c2ccc(C#N)cc2)cc1. The van der Waals surface area contributed by atoms with Crippen molar-refractivity contribution in [2.45, 2.75) is 11.3 Å². The molecule has 2 aromatic carbocycles. The van der Waals surface area contributed by atoms with Crippen LogP contribution in [0.3, 0.4) is 0 Å². The number of hydrogen-bond acceptors (Lipinski definition) is 4. The standard InChI is InChI=1S/C16H16N2O3S/c1-21-15-6-2-13(3-7-15)10-11-18-22(19,20)16-8-4-14(12-17)5-9-16/h2-9,18H,10-11H2,1H3. The Kier molecular flexibility index (Phi) is 5.15. The summed E-state index contributed by atoms with van der Waals surface area (Å²) in [6.07, 6.45) is 0.583. The van der Waals surface area contributed by atoms with E-state index in [1.807, 2.05) is 30.3 Å². The molecule has 0 fully saturated rings. The number of nitrogens with one attached hydrogen (secondary N) is 1. The Labute approximate surface area is 130 Å². The summed E-state index contributed by atoms with van der Waals surface area (Å²) >= 11 is 0. The fraction of sp³-hybridized carbons (Fsp3) is 0.188. The van der Waals surface area contributed by atoms with Gasteiger partial charge >= 0.3 is 0 Å². The zero-order chi connectivity index (χ0) is 16.0. The largest absolute Gasteiger partial charge is 0.497 e. The molecule has 0 aromatic heterocycles. The number of hydrogen-bond donors (Lipinski definition) is 1. The average Bonchev–Trinajstić information content (AvgIpc) is 2.55. The molecule has 0 radical (unpaired) electrons. The summed E-state index contributed by atoms with van der Waals surface area (Å²) in [7, 11) is -1.95. The third kappa shape index (κ3) is 4.07. The maximum absolute atomic E-state index is 12.1. The van der Waals surface area contributed by atoms with E-state index < -0.39 is 10.0 Å². The van der Waals surface area contributed by atoms with Gasteiger partial charge in [-0.2, -0.15) is 5.26 Å². The number of methoxy groups -OCH3 is 1. The van der Waals surface area contributed by atoms with Gasteiger partial charge in [0.2, 0.25) is 10.0 Å². The smallest absolute Gasteiger partial charge is 0.240 e. The summed E-state index contributed by atoms with van der Waals surface area (Å²) in [4.78, 5) is 0.154. The summed E-state index contributed by atoms with van der Waals surface area (Å²) in [5, 5.41) is 8.71. The summed E-state index contributed by atoms with van der Waals surface area (Å²) in [5.41, 5.74) is 1.44. The van der Waals surface area contributed by atoms with E-state index in [2.05, 4.69) is 4.72 Å². The first-order chi connectivity index (χ1) is 10.5.